The largest absolute Gasteiger partial charge is 0.375 e. The van der Waals surface area contributed by atoms with Crippen LogP contribution >= 0.6 is 11.8 Å². The molecule has 3 rings (SSSR count). The Balaban J connectivity index is 1.73. The van der Waals surface area contributed by atoms with Crippen molar-refractivity contribution in [2.45, 2.75) is 17.2 Å². The minimum Gasteiger partial charge on any atom is -0.375 e. The lowest BCUT2D eigenvalue weighted by Gasteiger charge is -2.28. The van der Waals surface area contributed by atoms with Gasteiger partial charge in [-0.3, -0.25) is 10.1 Å². The molecule has 1 N–H and O–H groups in total. The summed E-state index contributed by atoms with van der Waals surface area (Å²) in [6, 6.07) is 10.5. The van der Waals surface area contributed by atoms with Gasteiger partial charge in [0.1, 0.15) is 5.69 Å². The average Bonchev–Trinajstić information content (AvgIpc) is 2.73. The molecule has 0 bridgehead atoms. The molecule has 0 spiro atoms. The average molecular weight is 443 g/mol. The Bertz CT molecular complexity index is 979. The van der Waals surface area contributed by atoms with Crippen LogP contribution in [-0.2, 0) is 16.4 Å². The van der Waals surface area contributed by atoms with E-state index in [2.05, 4.69) is 10.2 Å². The Hall–Kier alpha value is -2.40. The van der Waals surface area contributed by atoms with Crippen molar-refractivity contribution >= 4 is 38.7 Å². The first-order valence-electron chi connectivity index (χ1n) is 8.75. The summed E-state index contributed by atoms with van der Waals surface area (Å²) in [6.45, 7) is 2.24. The highest BCUT2D eigenvalue weighted by Crippen LogP contribution is 2.30. The molecule has 156 valence electrons. The molecule has 1 aliphatic heterocycles. The molecule has 7 nitrogen and oxygen atoms in total. The molecule has 0 aliphatic carbocycles. The maximum absolute atomic E-state index is 12.7. The molecule has 1 fully saturated rings. The molecule has 2 aromatic carbocycles. The fraction of sp³-hybridized carbons (Fsp3) is 0.333. The Kier molecular flexibility index (Phi) is 6.58. The SMILES string of the molecule is O=[N+]([O-])c1cc(S(=O)(=O)C(F)F)ccc1NCc1ccc(N2CCSCC2)cc1. The normalized spacial score (nSPS) is 14.8. The molecule has 0 amide bonds. The standard InChI is InChI=1S/C18H19F2N3O4S2/c19-18(20)29(26,27)15-5-6-16(17(11-15)23(24)25)21-12-13-1-3-14(4-2-13)22-7-9-28-10-8-22/h1-6,11,18,21H,7-10,12H2. The van der Waals surface area contributed by atoms with Crippen LogP contribution in [0.5, 0.6) is 0 Å². The number of nitrogens with one attached hydrogen (secondary N) is 1. The lowest BCUT2D eigenvalue weighted by atomic mass is 10.2. The fourth-order valence-electron chi connectivity index (χ4n) is 2.94. The molecule has 1 aliphatic rings. The number of nitro groups is 1. The van der Waals surface area contributed by atoms with Crippen LogP contribution in [0.2, 0.25) is 0 Å². The molecule has 0 aromatic heterocycles. The van der Waals surface area contributed by atoms with Gasteiger partial charge in [0, 0.05) is 42.9 Å². The molecule has 29 heavy (non-hydrogen) atoms. The van der Waals surface area contributed by atoms with Crippen molar-refractivity contribution in [3.63, 3.8) is 0 Å². The summed E-state index contributed by atoms with van der Waals surface area (Å²) < 4.78 is 48.5. The highest BCUT2D eigenvalue weighted by Gasteiger charge is 2.29. The van der Waals surface area contributed by atoms with Crippen molar-refractivity contribution in [2.24, 2.45) is 0 Å². The number of thioether (sulfide) groups is 1. The Morgan fingerprint density at radius 2 is 1.79 bits per heavy atom. The third-order valence-corrected chi connectivity index (χ3v) is 6.85. The van der Waals surface area contributed by atoms with Crippen LogP contribution in [0.3, 0.4) is 0 Å². The Morgan fingerprint density at radius 3 is 2.38 bits per heavy atom. The molecule has 2 aromatic rings. The topological polar surface area (TPSA) is 92.5 Å². The van der Waals surface area contributed by atoms with Gasteiger partial charge in [-0.15, -0.1) is 0 Å². The maximum atomic E-state index is 12.7. The van der Waals surface area contributed by atoms with E-state index in [9.17, 15) is 27.3 Å². The zero-order chi connectivity index (χ0) is 21.0. The van der Waals surface area contributed by atoms with Crippen molar-refractivity contribution in [1.82, 2.24) is 0 Å². The number of nitrogens with zero attached hydrogens (tertiary/aromatic N) is 2. The highest BCUT2D eigenvalue weighted by molar-refractivity contribution is 7.99. The van der Waals surface area contributed by atoms with E-state index in [4.69, 9.17) is 0 Å². The molecular weight excluding hydrogens is 424 g/mol. The Morgan fingerprint density at radius 1 is 1.14 bits per heavy atom. The lowest BCUT2D eigenvalue weighted by molar-refractivity contribution is -0.384. The monoisotopic (exact) mass is 443 g/mol. The minimum absolute atomic E-state index is 0.0559. The molecule has 0 atom stereocenters. The van der Waals surface area contributed by atoms with E-state index in [1.54, 1.807) is 0 Å². The van der Waals surface area contributed by atoms with Gasteiger partial charge in [0.15, 0.2) is 0 Å². The predicted octanol–water partition coefficient (Wildman–Crippen LogP) is 3.76. The van der Waals surface area contributed by atoms with Gasteiger partial charge < -0.3 is 10.2 Å². The summed E-state index contributed by atoms with van der Waals surface area (Å²) in [5.41, 5.74) is 1.47. The van der Waals surface area contributed by atoms with Gasteiger partial charge in [0.2, 0.25) is 9.84 Å². The van der Waals surface area contributed by atoms with Crippen molar-refractivity contribution in [1.29, 1.82) is 0 Å². The van der Waals surface area contributed by atoms with E-state index in [-0.39, 0.29) is 12.2 Å². The first kappa shape index (κ1) is 21.3. The van der Waals surface area contributed by atoms with Crippen LogP contribution in [-0.4, -0.2) is 43.7 Å². The van der Waals surface area contributed by atoms with Gasteiger partial charge in [-0.05, 0) is 29.8 Å². The fourth-order valence-corrected chi connectivity index (χ4v) is 4.58. The molecule has 0 saturated carbocycles. The predicted molar refractivity (Wildman–Crippen MR) is 110 cm³/mol. The number of hydrogen-bond donors (Lipinski definition) is 1. The van der Waals surface area contributed by atoms with Gasteiger partial charge in [0.25, 0.3) is 5.69 Å². The van der Waals surface area contributed by atoms with E-state index in [1.807, 2.05) is 36.0 Å². The number of alkyl halides is 2. The number of sulfone groups is 1. The van der Waals surface area contributed by atoms with E-state index in [0.29, 0.717) is 6.07 Å². The summed E-state index contributed by atoms with van der Waals surface area (Å²) in [7, 11) is -4.90. The summed E-state index contributed by atoms with van der Waals surface area (Å²) >= 11 is 1.92. The number of benzene rings is 2. The Labute approximate surface area is 171 Å². The lowest BCUT2D eigenvalue weighted by Crippen LogP contribution is -2.32. The van der Waals surface area contributed by atoms with Crippen LogP contribution in [0.25, 0.3) is 0 Å². The summed E-state index contributed by atoms with van der Waals surface area (Å²) in [6.07, 6.45) is 0. The quantitative estimate of drug-likeness (QED) is 0.515. The third-order valence-electron chi connectivity index (χ3n) is 4.52. The molecule has 1 heterocycles. The molecule has 1 saturated heterocycles. The van der Waals surface area contributed by atoms with Crippen LogP contribution in [0, 0.1) is 10.1 Å². The van der Waals surface area contributed by atoms with E-state index >= 15 is 0 Å². The maximum Gasteiger partial charge on any atom is 0.341 e. The summed E-state index contributed by atoms with van der Waals surface area (Å²) in [5, 5.41) is 14.2. The van der Waals surface area contributed by atoms with E-state index in [0.717, 1.165) is 48.0 Å². The van der Waals surface area contributed by atoms with Crippen molar-refractivity contribution in [3.05, 3.63) is 58.1 Å². The second-order valence-corrected chi connectivity index (χ2v) is 9.50. The number of halogens is 2. The summed E-state index contributed by atoms with van der Waals surface area (Å²) in [5.74, 6) is -1.47. The first-order valence-corrected chi connectivity index (χ1v) is 11.4. The zero-order valence-electron chi connectivity index (χ0n) is 15.3. The van der Waals surface area contributed by atoms with E-state index in [1.165, 1.54) is 0 Å². The van der Waals surface area contributed by atoms with Crippen LogP contribution < -0.4 is 10.2 Å². The first-order chi connectivity index (χ1) is 13.8. The van der Waals surface area contributed by atoms with Crippen LogP contribution in [0.4, 0.5) is 25.8 Å². The number of rotatable bonds is 7. The van der Waals surface area contributed by atoms with Gasteiger partial charge >= 0.3 is 5.76 Å². The second kappa shape index (κ2) is 8.95. The molecule has 11 heteroatoms. The number of anilines is 2. The van der Waals surface area contributed by atoms with Crippen LogP contribution in [0.15, 0.2) is 47.4 Å². The minimum atomic E-state index is -4.90. The zero-order valence-corrected chi connectivity index (χ0v) is 16.9. The summed E-state index contributed by atoms with van der Waals surface area (Å²) in [4.78, 5) is 12.0. The smallest absolute Gasteiger partial charge is 0.341 e. The highest BCUT2D eigenvalue weighted by atomic mass is 32.2. The molecule has 0 radical (unpaired) electrons. The number of nitro benzene ring substituents is 1. The van der Waals surface area contributed by atoms with Crippen LogP contribution in [0.1, 0.15) is 5.56 Å². The van der Waals surface area contributed by atoms with Crippen molar-refractivity contribution < 1.29 is 22.1 Å². The molecular formula is C18H19F2N3O4S2. The van der Waals surface area contributed by atoms with Gasteiger partial charge in [-0.25, -0.2) is 8.42 Å². The third kappa shape index (κ3) is 4.96. The molecule has 0 unspecified atom stereocenters. The number of hydrogen-bond acceptors (Lipinski definition) is 7. The van der Waals surface area contributed by atoms with Gasteiger partial charge in [-0.1, -0.05) is 12.1 Å². The van der Waals surface area contributed by atoms with E-state index < -0.39 is 31.1 Å². The van der Waals surface area contributed by atoms with Gasteiger partial charge in [-0.2, -0.15) is 20.5 Å². The second-order valence-electron chi connectivity index (χ2n) is 6.36. The van der Waals surface area contributed by atoms with Crippen molar-refractivity contribution in [2.75, 3.05) is 34.8 Å². The van der Waals surface area contributed by atoms with Crippen molar-refractivity contribution in [3.8, 4) is 0 Å². The van der Waals surface area contributed by atoms with Gasteiger partial charge in [0.05, 0.1) is 9.82 Å².